The third kappa shape index (κ3) is 4.32. The van der Waals surface area contributed by atoms with Gasteiger partial charge in [-0.3, -0.25) is 20.1 Å². The summed E-state index contributed by atoms with van der Waals surface area (Å²) >= 11 is 0. The van der Waals surface area contributed by atoms with Crippen molar-refractivity contribution in [1.29, 1.82) is 0 Å². The van der Waals surface area contributed by atoms with E-state index in [2.05, 4.69) is 30.7 Å². The number of aromatic nitrogens is 2. The fourth-order valence-corrected chi connectivity index (χ4v) is 6.95. The highest BCUT2D eigenvalue weighted by molar-refractivity contribution is 6.12. The Bertz CT molecular complexity index is 1480. The summed E-state index contributed by atoms with van der Waals surface area (Å²) in [6, 6.07) is 5.55. The number of ether oxygens (including phenoxy) is 1. The van der Waals surface area contributed by atoms with E-state index in [1.165, 1.54) is 0 Å². The van der Waals surface area contributed by atoms with Crippen LogP contribution in [0.2, 0.25) is 0 Å². The zero-order valence-electron chi connectivity index (χ0n) is 22.2. The van der Waals surface area contributed by atoms with Gasteiger partial charge in [0.1, 0.15) is 18.9 Å². The van der Waals surface area contributed by atoms with Crippen LogP contribution in [0.25, 0.3) is 11.8 Å². The van der Waals surface area contributed by atoms with E-state index in [9.17, 15) is 4.79 Å². The second kappa shape index (κ2) is 10.1. The van der Waals surface area contributed by atoms with Gasteiger partial charge in [0.15, 0.2) is 5.83 Å². The van der Waals surface area contributed by atoms with E-state index in [-0.39, 0.29) is 41.5 Å². The molecule has 210 valence electrons. The van der Waals surface area contributed by atoms with Gasteiger partial charge in [0.2, 0.25) is 0 Å². The van der Waals surface area contributed by atoms with Gasteiger partial charge >= 0.3 is 6.02 Å². The van der Waals surface area contributed by atoms with Crippen molar-refractivity contribution in [3.63, 3.8) is 0 Å². The van der Waals surface area contributed by atoms with Gasteiger partial charge in [-0.15, -0.1) is 0 Å². The second-order valence-electron chi connectivity index (χ2n) is 11.3. The minimum atomic E-state index is -1.21. The Morgan fingerprint density at radius 1 is 1.23 bits per heavy atom. The normalized spacial score (nSPS) is 27.0. The molecule has 0 radical (unpaired) electrons. The second-order valence-corrected chi connectivity index (χ2v) is 11.3. The molecule has 0 bridgehead atoms. The van der Waals surface area contributed by atoms with Crippen molar-refractivity contribution in [2.24, 2.45) is 15.9 Å². The number of nitrogens with one attached hydrogen (secondary N) is 4. The molecule has 2 aromatic rings. The molecule has 4 N–H and O–H groups in total. The quantitative estimate of drug-likeness (QED) is 0.441. The van der Waals surface area contributed by atoms with Gasteiger partial charge in [0, 0.05) is 36.8 Å². The first-order valence-electron chi connectivity index (χ1n) is 14.1. The Labute approximate surface area is 230 Å². The van der Waals surface area contributed by atoms with Crippen molar-refractivity contribution in [3.05, 3.63) is 68.9 Å². The molecule has 5 heterocycles. The topological polar surface area (TPSA) is 110 Å². The van der Waals surface area contributed by atoms with Crippen LogP contribution < -0.4 is 16.2 Å². The summed E-state index contributed by atoms with van der Waals surface area (Å²) in [7, 11) is 0. The number of hydrogen-bond acceptors (Lipinski definition) is 7. The van der Waals surface area contributed by atoms with Crippen molar-refractivity contribution < 1.29 is 13.5 Å². The molecule has 2 saturated heterocycles. The highest BCUT2D eigenvalue weighted by atomic mass is 19.1. The molecule has 1 aromatic carbocycles. The number of aromatic amines is 2. The number of halogens is 2. The van der Waals surface area contributed by atoms with E-state index >= 15 is 8.78 Å². The number of amidine groups is 1. The molecule has 9 nitrogen and oxygen atoms in total. The third-order valence-electron chi connectivity index (χ3n) is 9.01. The lowest BCUT2D eigenvalue weighted by Crippen LogP contribution is -2.50. The summed E-state index contributed by atoms with van der Waals surface area (Å²) in [4.78, 5) is 23.9. The number of nitrogens with zero attached hydrogens (tertiary/aromatic N) is 3. The van der Waals surface area contributed by atoms with Crippen LogP contribution in [0, 0.1) is 5.92 Å². The van der Waals surface area contributed by atoms with Gasteiger partial charge in [0.05, 0.1) is 28.4 Å². The highest BCUT2D eigenvalue weighted by Crippen LogP contribution is 2.40. The SMILES string of the molecule is O=c1[nH][nH]cc1CNC1N=C(OCC23CCCN2CCC3)N=C2C(F)=C(c3cccc4c3C(F)CC=C4)NCC21. The van der Waals surface area contributed by atoms with E-state index in [0.29, 0.717) is 29.8 Å². The summed E-state index contributed by atoms with van der Waals surface area (Å²) in [5, 5.41) is 11.7. The Kier molecular flexibility index (Phi) is 6.42. The van der Waals surface area contributed by atoms with Crippen molar-refractivity contribution in [3.8, 4) is 0 Å². The molecule has 1 aliphatic carbocycles. The van der Waals surface area contributed by atoms with Crippen LogP contribution >= 0.6 is 0 Å². The van der Waals surface area contributed by atoms with Crippen LogP contribution in [0.1, 0.15) is 60.5 Å². The van der Waals surface area contributed by atoms with Crippen molar-refractivity contribution in [2.45, 2.75) is 56.5 Å². The molecule has 3 unspecified atom stereocenters. The smallest absolute Gasteiger partial charge is 0.313 e. The van der Waals surface area contributed by atoms with Crippen LogP contribution in [0.5, 0.6) is 0 Å². The number of allylic oxidation sites excluding steroid dienone is 2. The molecule has 7 rings (SSSR count). The third-order valence-corrected chi connectivity index (χ3v) is 9.01. The average Bonchev–Trinajstić information content (AvgIpc) is 3.67. The molecule has 0 amide bonds. The lowest BCUT2D eigenvalue weighted by Gasteiger charge is -2.36. The van der Waals surface area contributed by atoms with E-state index in [0.717, 1.165) is 44.3 Å². The standard InChI is InChI=1S/C29H33F2N7O2/c30-21-8-2-6-17-5-1-7-19(22(17)21)24-23(31)25-20(15-32-24)26(33-13-18-14-34-37-27(18)39)36-28(35-25)40-16-29-9-3-11-38(29)12-4-10-29/h1-2,5-7,14,20-21,26,32-33H,3-4,8-13,15-16H2,(H2,34,37,39). The lowest BCUT2D eigenvalue weighted by molar-refractivity contribution is 0.105. The van der Waals surface area contributed by atoms with Gasteiger partial charge in [-0.1, -0.05) is 30.4 Å². The first kappa shape index (κ1) is 25.4. The van der Waals surface area contributed by atoms with Crippen LogP contribution in [0.4, 0.5) is 8.78 Å². The Balaban J connectivity index is 1.22. The molecule has 3 atom stereocenters. The Hall–Kier alpha value is -3.57. The number of benzene rings is 1. The van der Waals surface area contributed by atoms with Gasteiger partial charge < -0.3 is 15.2 Å². The van der Waals surface area contributed by atoms with E-state index < -0.39 is 24.1 Å². The molecule has 1 aromatic heterocycles. The highest BCUT2D eigenvalue weighted by Gasteiger charge is 2.46. The van der Waals surface area contributed by atoms with E-state index in [1.807, 2.05) is 18.2 Å². The Morgan fingerprint density at radius 3 is 2.88 bits per heavy atom. The van der Waals surface area contributed by atoms with E-state index in [1.54, 1.807) is 18.3 Å². The minimum absolute atomic E-state index is 0.0126. The first-order valence-corrected chi connectivity index (χ1v) is 14.1. The predicted octanol–water partition coefficient (Wildman–Crippen LogP) is 3.56. The molecular weight excluding hydrogens is 516 g/mol. The monoisotopic (exact) mass is 549 g/mol. The first-order chi connectivity index (χ1) is 19.5. The van der Waals surface area contributed by atoms with Crippen LogP contribution in [-0.2, 0) is 11.3 Å². The maximum Gasteiger partial charge on any atom is 0.313 e. The van der Waals surface area contributed by atoms with Crippen molar-refractivity contribution in [2.75, 3.05) is 26.2 Å². The molecule has 11 heteroatoms. The molecule has 0 saturated carbocycles. The number of hydrogen-bond donors (Lipinski definition) is 4. The maximum atomic E-state index is 16.4. The lowest BCUT2D eigenvalue weighted by atomic mass is 9.86. The van der Waals surface area contributed by atoms with Crippen LogP contribution in [0.3, 0.4) is 0 Å². The molecule has 2 fully saturated rings. The van der Waals surface area contributed by atoms with Crippen molar-refractivity contribution in [1.82, 2.24) is 25.7 Å². The fourth-order valence-electron chi connectivity index (χ4n) is 6.95. The molecule has 0 spiro atoms. The summed E-state index contributed by atoms with van der Waals surface area (Å²) in [6.45, 7) is 3.17. The Morgan fingerprint density at radius 2 is 2.08 bits per heavy atom. The maximum absolute atomic E-state index is 16.4. The zero-order chi connectivity index (χ0) is 27.3. The largest absolute Gasteiger partial charge is 0.462 e. The summed E-state index contributed by atoms with van der Waals surface area (Å²) < 4.78 is 37.7. The van der Waals surface area contributed by atoms with Gasteiger partial charge in [0.25, 0.3) is 5.56 Å². The summed E-state index contributed by atoms with van der Waals surface area (Å²) in [5.74, 6) is -0.974. The minimum Gasteiger partial charge on any atom is -0.462 e. The molecule has 40 heavy (non-hydrogen) atoms. The number of H-pyrrole nitrogens is 2. The predicted molar refractivity (Wildman–Crippen MR) is 149 cm³/mol. The number of fused-ring (bicyclic) bond motifs is 3. The van der Waals surface area contributed by atoms with Crippen molar-refractivity contribution >= 4 is 23.5 Å². The summed E-state index contributed by atoms with van der Waals surface area (Å²) in [6.07, 6.45) is 8.18. The summed E-state index contributed by atoms with van der Waals surface area (Å²) in [5.41, 5.74) is 2.50. The van der Waals surface area contributed by atoms with Gasteiger partial charge in [-0.25, -0.2) is 13.8 Å². The van der Waals surface area contributed by atoms with Crippen LogP contribution in [-0.4, -0.2) is 64.8 Å². The van der Waals surface area contributed by atoms with Gasteiger partial charge in [-0.2, -0.15) is 4.99 Å². The number of rotatable bonds is 6. The number of aliphatic imine (C=N–C) groups is 2. The molecule has 5 aliphatic rings. The fraction of sp³-hybridized carbons (Fsp3) is 0.483. The van der Waals surface area contributed by atoms with Gasteiger partial charge in [-0.05, 0) is 44.3 Å². The molecule has 4 aliphatic heterocycles. The molecular formula is C29H33F2N7O2. The van der Waals surface area contributed by atoms with Crippen LogP contribution in [0.15, 0.2) is 51.1 Å². The van der Waals surface area contributed by atoms with E-state index in [4.69, 9.17) is 9.73 Å². The zero-order valence-corrected chi connectivity index (χ0v) is 22.2. The number of alkyl halides is 1. The average molecular weight is 550 g/mol.